The molecule has 3 aromatic heterocycles. The minimum absolute atomic E-state index is 0.0147. The molecule has 3 amide bonds. The molecule has 0 radical (unpaired) electrons. The van der Waals surface area contributed by atoms with Gasteiger partial charge in [0.15, 0.2) is 14.1 Å². The third kappa shape index (κ3) is 16.9. The van der Waals surface area contributed by atoms with Crippen molar-refractivity contribution >= 4 is 88.2 Å². The van der Waals surface area contributed by atoms with E-state index >= 15 is 13.6 Å². The summed E-state index contributed by atoms with van der Waals surface area (Å²) in [6, 6.07) is 16.9. The third-order valence-electron chi connectivity index (χ3n) is 19.6. The number of carbonyl (C=O) groups excluding carboxylic acids is 5. The van der Waals surface area contributed by atoms with Crippen LogP contribution in [-0.4, -0.2) is 200 Å². The Morgan fingerprint density at radius 2 is 1.56 bits per heavy atom. The molecule has 0 aliphatic carbocycles. The topological polar surface area (TPSA) is 260 Å². The van der Waals surface area contributed by atoms with Gasteiger partial charge in [0, 0.05) is 93.4 Å². The number of aromatic amines is 1. The van der Waals surface area contributed by atoms with Crippen LogP contribution in [-0.2, 0) is 43.3 Å². The van der Waals surface area contributed by atoms with E-state index in [9.17, 15) is 41.9 Å². The molecule has 97 heavy (non-hydrogen) atoms. The molecule has 4 fully saturated rings. The predicted molar refractivity (Wildman–Crippen MR) is 367 cm³/mol. The summed E-state index contributed by atoms with van der Waals surface area (Å²) in [5.74, 6) is -5.78. The number of carbonyl (C=O) groups is 6. The van der Waals surface area contributed by atoms with Crippen LogP contribution in [0.1, 0.15) is 113 Å². The van der Waals surface area contributed by atoms with E-state index in [2.05, 4.69) is 68.8 Å². The quantitative estimate of drug-likeness (QED) is 0.0180. The van der Waals surface area contributed by atoms with E-state index < -0.39 is 108 Å². The number of carboxylic acids is 1. The number of nitrogens with one attached hydrogen (secondary N) is 3. The molecule has 522 valence electrons. The largest absolute Gasteiger partial charge is 0.481 e. The molecule has 7 heterocycles. The minimum atomic E-state index is -4.39. The number of aliphatic carboxylic acids is 1. The second-order valence-electron chi connectivity index (χ2n) is 28.4. The maximum absolute atomic E-state index is 15.9. The summed E-state index contributed by atoms with van der Waals surface area (Å²) in [4.78, 5) is 105. The Morgan fingerprint density at radius 3 is 2.18 bits per heavy atom. The number of halogens is 3. The monoisotopic (exact) mass is 1400 g/mol. The van der Waals surface area contributed by atoms with Crippen LogP contribution in [0.3, 0.4) is 0 Å². The van der Waals surface area contributed by atoms with E-state index in [0.717, 1.165) is 89.4 Å². The van der Waals surface area contributed by atoms with Crippen molar-refractivity contribution in [2.24, 2.45) is 11.3 Å². The van der Waals surface area contributed by atoms with Crippen LogP contribution in [0.5, 0.6) is 0 Å². The summed E-state index contributed by atoms with van der Waals surface area (Å²) in [6.45, 7) is 23.2. The van der Waals surface area contributed by atoms with Gasteiger partial charge >= 0.3 is 22.1 Å². The first-order valence-electron chi connectivity index (χ1n) is 33.0. The third-order valence-corrected chi connectivity index (χ3v) is 26.6. The molecule has 4 aliphatic rings. The second kappa shape index (κ2) is 29.9. The van der Waals surface area contributed by atoms with Crippen molar-refractivity contribution in [3.63, 3.8) is 0 Å². The second-order valence-corrected chi connectivity index (χ2v) is 35.7. The summed E-state index contributed by atoms with van der Waals surface area (Å²) in [5.41, 5.74) is 4.46. The zero-order valence-electron chi connectivity index (χ0n) is 56.4. The highest BCUT2D eigenvalue weighted by molar-refractivity contribution is 7.90. The molecule has 4 N–H and O–H groups in total. The number of ether oxygens (including phenoxy) is 1. The van der Waals surface area contributed by atoms with Gasteiger partial charge in [-0.05, 0) is 116 Å². The number of alkyl halides is 1. The number of piperidine rings is 1. The van der Waals surface area contributed by atoms with Crippen LogP contribution < -0.4 is 14.9 Å². The van der Waals surface area contributed by atoms with Gasteiger partial charge in [-0.25, -0.2) is 23.1 Å². The van der Waals surface area contributed by atoms with Crippen molar-refractivity contribution in [1.29, 1.82) is 0 Å². The van der Waals surface area contributed by atoms with Crippen LogP contribution in [0.2, 0.25) is 18.1 Å². The van der Waals surface area contributed by atoms with Gasteiger partial charge in [-0.3, -0.25) is 43.3 Å². The Kier molecular flexibility index (Phi) is 22.2. The van der Waals surface area contributed by atoms with Crippen molar-refractivity contribution in [2.75, 3.05) is 88.2 Å². The lowest BCUT2D eigenvalue weighted by atomic mass is 9.85. The molecule has 4 saturated heterocycles. The number of anilines is 2. The van der Waals surface area contributed by atoms with Crippen LogP contribution in [0, 0.1) is 29.9 Å². The molecule has 3 aromatic carbocycles. The highest BCUT2D eigenvalue weighted by Gasteiger charge is 2.49. The van der Waals surface area contributed by atoms with Crippen LogP contribution in [0.4, 0.5) is 24.5 Å². The summed E-state index contributed by atoms with van der Waals surface area (Å²) in [5, 5.41) is 12.6. The van der Waals surface area contributed by atoms with Gasteiger partial charge in [-0.2, -0.15) is 12.7 Å². The van der Waals surface area contributed by atoms with E-state index in [-0.39, 0.29) is 67.9 Å². The lowest BCUT2D eigenvalue weighted by Gasteiger charge is -2.41. The molecule has 0 bridgehead atoms. The Bertz CT molecular complexity index is 3960. The number of hydrogen-bond donors (Lipinski definition) is 4. The van der Waals surface area contributed by atoms with Gasteiger partial charge in [-0.1, -0.05) is 77.9 Å². The number of aryl methyl sites for hydroxylation is 1. The van der Waals surface area contributed by atoms with Gasteiger partial charge in [0.2, 0.25) is 24.0 Å². The number of piperazine rings is 1. The van der Waals surface area contributed by atoms with E-state index in [1.54, 1.807) is 22.7 Å². The van der Waals surface area contributed by atoms with Gasteiger partial charge in [0.1, 0.15) is 36.5 Å². The van der Waals surface area contributed by atoms with Gasteiger partial charge < -0.3 is 39.3 Å². The van der Waals surface area contributed by atoms with E-state index in [4.69, 9.17) is 9.16 Å². The predicted octanol–water partition coefficient (Wildman–Crippen LogP) is 9.79. The first kappa shape index (κ1) is 72.1. The lowest BCUT2D eigenvalue weighted by molar-refractivity contribution is -0.153. The average Bonchev–Trinajstić information content (AvgIpc) is 1.70. The van der Waals surface area contributed by atoms with Crippen molar-refractivity contribution in [3.05, 3.63) is 119 Å². The van der Waals surface area contributed by atoms with Crippen molar-refractivity contribution in [1.82, 2.24) is 44.2 Å². The number of pyridine rings is 1. The van der Waals surface area contributed by atoms with Crippen molar-refractivity contribution in [2.45, 2.75) is 136 Å². The Labute approximate surface area is 569 Å². The molecular weight excluding hydrogens is 1310 g/mol. The fourth-order valence-corrected chi connectivity index (χ4v) is 16.4. The molecule has 28 heteroatoms. The van der Waals surface area contributed by atoms with E-state index in [1.165, 1.54) is 22.4 Å². The number of benzene rings is 3. The number of amides is 3. The number of carboxylic acid groups (broad SMARTS) is 1. The lowest BCUT2D eigenvalue weighted by Crippen LogP contribution is -2.59. The molecule has 5 atom stereocenters. The first-order valence-corrected chi connectivity index (χ1v) is 38.2. The van der Waals surface area contributed by atoms with Gasteiger partial charge in [-0.15, -0.1) is 11.3 Å². The number of likely N-dealkylation sites (tertiary alicyclic amines) is 2. The Morgan fingerprint density at radius 1 is 0.866 bits per heavy atom. The fraction of sp³-hybridized carbons (Fsp3) is 0.507. The molecule has 0 spiro atoms. The fourth-order valence-electron chi connectivity index (χ4n) is 13.0. The number of fused-ring (bicyclic) bond motifs is 1. The number of nitrogens with zero attached hydrogens (tertiary/aromatic N) is 8. The number of H-pyrrole nitrogens is 1. The van der Waals surface area contributed by atoms with Crippen LogP contribution in [0.25, 0.3) is 32.6 Å². The Hall–Kier alpha value is -7.60. The molecule has 22 nitrogen and oxygen atoms in total. The molecule has 6 aromatic rings. The molecule has 4 aliphatic heterocycles. The van der Waals surface area contributed by atoms with Crippen molar-refractivity contribution in [3.8, 4) is 21.6 Å². The van der Waals surface area contributed by atoms with E-state index in [1.807, 2.05) is 80.9 Å². The standard InChI is InChI=1S/C69H88F3N11O11S2Si/c1-43-64(95-41-75-43)47-12-10-46(11-13-47)56(40-93-60(88)21-20-59(86)87)83(42-84)58-33-51(94-97(8,9)69(5,6)7)38-82(58)67(90)65(68(2,3)4)76-57(85)39-78-25-22-44(23-26-78)36-79-28-30-80(31-29-79)50-16-14-45(15-17-50)48-32-52-53(35-74-66(52)73-34-48)63(89)61-54(71)18-19-55(62(61)72)77-96(91,92)81-27-24-49(70)37-81/h10-19,32,34-35,41-42,44,49,51,56,58,65,77H,20-31,33,36-40H2,1-9H3,(H,73,74)(H,76,85)(H,86,87)/t49-,51-,56+,58-,65-/m1/s1. The summed E-state index contributed by atoms with van der Waals surface area (Å²) >= 11 is 1.49. The molecule has 0 saturated carbocycles. The van der Waals surface area contributed by atoms with Crippen LogP contribution in [0.15, 0.2) is 84.6 Å². The summed E-state index contributed by atoms with van der Waals surface area (Å²) < 4.78 is 86.5. The first-order chi connectivity index (χ1) is 45.9. The molecule has 10 rings (SSSR count). The summed E-state index contributed by atoms with van der Waals surface area (Å²) in [6.07, 6.45) is 2.07. The number of ketones is 1. The maximum atomic E-state index is 15.9. The number of hydrogen-bond acceptors (Lipinski definition) is 16. The highest BCUT2D eigenvalue weighted by atomic mass is 32.2. The van der Waals surface area contributed by atoms with Gasteiger partial charge in [0.05, 0.1) is 58.9 Å². The van der Waals surface area contributed by atoms with Crippen molar-refractivity contribution < 1.29 is 64.6 Å². The van der Waals surface area contributed by atoms with Crippen LogP contribution >= 0.6 is 11.3 Å². The smallest absolute Gasteiger partial charge is 0.306 e. The number of esters is 1. The zero-order chi connectivity index (χ0) is 69.9. The average molecular weight is 1400 g/mol. The Balaban J connectivity index is 0.742. The highest BCUT2D eigenvalue weighted by Crippen LogP contribution is 2.42. The number of thiazole rings is 1. The maximum Gasteiger partial charge on any atom is 0.306 e. The van der Waals surface area contributed by atoms with E-state index in [0.29, 0.717) is 47.6 Å². The van der Waals surface area contributed by atoms with Gasteiger partial charge in [0.25, 0.3) is 0 Å². The SMILES string of the molecule is Cc1ncsc1-c1ccc([C@H](COC(=O)CCC(=O)O)N(C=O)[C@@H]2C[C@@H](O[Si](C)(C)C(C)(C)C)CN2C(=O)[C@@H](NC(=O)CN2CCC(CN3CCN(c4ccc(-c5cnc6[nH]cc(C(=O)c7c(F)ccc(NS(=O)(=O)N8CC[C@@H](F)C8)c7F)c6c5)cc4)CC3)CC2)C(C)(C)C)cc1. The number of aromatic nitrogens is 3. The summed E-state index contributed by atoms with van der Waals surface area (Å²) in [7, 11) is -6.84. The normalized spacial score (nSPS) is 19.4. The molecule has 0 unspecified atom stereocenters. The number of rotatable bonds is 25. The zero-order valence-corrected chi connectivity index (χ0v) is 59.0. The molecular formula is C69H88F3N11O11S2Si. The minimum Gasteiger partial charge on any atom is -0.481 e.